The number of hydrogen-bond acceptors (Lipinski definition) is 4. The van der Waals surface area contributed by atoms with Crippen LogP contribution in [0.15, 0.2) is 37.1 Å². The maximum atomic E-state index is 11.8. The number of thioether (sulfide) groups is 1. The zero-order valence-corrected chi connectivity index (χ0v) is 12.4. The van der Waals surface area contributed by atoms with Gasteiger partial charge in [0.2, 0.25) is 0 Å². The van der Waals surface area contributed by atoms with Crippen LogP contribution < -0.4 is 0 Å². The molecule has 0 aromatic carbocycles. The Morgan fingerprint density at radius 2 is 2.32 bits per heavy atom. The summed E-state index contributed by atoms with van der Waals surface area (Å²) in [7, 11) is 0. The van der Waals surface area contributed by atoms with Gasteiger partial charge < -0.3 is 4.74 Å². The summed E-state index contributed by atoms with van der Waals surface area (Å²) in [6.45, 7) is 7.84. The number of nitrogens with zero attached hydrogens (tertiary/aromatic N) is 1. The number of carbonyl (C=O) groups excluding carboxylic acids is 1. The zero-order chi connectivity index (χ0) is 14.1. The second-order valence-corrected chi connectivity index (χ2v) is 5.70. The molecule has 0 radical (unpaired) electrons. The molecule has 1 heterocycles. The maximum Gasteiger partial charge on any atom is 0.316 e. The summed E-state index contributed by atoms with van der Waals surface area (Å²) >= 11 is 1.50. The molecule has 4 heteroatoms. The lowest BCUT2D eigenvalue weighted by atomic mass is 10.0. The third kappa shape index (κ3) is 6.43. The van der Waals surface area contributed by atoms with E-state index in [1.807, 2.05) is 18.2 Å². The fourth-order valence-corrected chi connectivity index (χ4v) is 2.16. The summed E-state index contributed by atoms with van der Waals surface area (Å²) in [5.74, 6) is 1.37. The summed E-state index contributed by atoms with van der Waals surface area (Å²) < 4.78 is 5.54. The van der Waals surface area contributed by atoms with Gasteiger partial charge in [-0.25, -0.2) is 0 Å². The Balaban J connectivity index is 2.60. The highest BCUT2D eigenvalue weighted by Gasteiger charge is 2.19. The molecule has 1 rings (SSSR count). The minimum atomic E-state index is -0.252. The Hall–Kier alpha value is -1.29. The van der Waals surface area contributed by atoms with Crippen LogP contribution >= 0.6 is 11.8 Å². The van der Waals surface area contributed by atoms with Crippen molar-refractivity contribution in [2.24, 2.45) is 5.92 Å². The van der Waals surface area contributed by atoms with E-state index >= 15 is 0 Å². The van der Waals surface area contributed by atoms with Gasteiger partial charge in [-0.2, -0.15) is 0 Å². The number of pyridine rings is 1. The monoisotopic (exact) mass is 279 g/mol. The Labute approximate surface area is 119 Å². The fraction of sp³-hybridized carbons (Fsp3) is 0.467. The van der Waals surface area contributed by atoms with Crippen LogP contribution in [0, 0.1) is 5.92 Å². The normalized spacial score (nSPS) is 12.2. The molecule has 0 aliphatic carbocycles. The molecular formula is C15H21NO2S. The molecule has 0 bridgehead atoms. The summed E-state index contributed by atoms with van der Waals surface area (Å²) in [4.78, 5) is 16.1. The summed E-state index contributed by atoms with van der Waals surface area (Å²) in [6.07, 6.45) is 4.04. The molecule has 0 aliphatic heterocycles. The highest BCUT2D eigenvalue weighted by Crippen LogP contribution is 2.24. The molecule has 1 atom stereocenters. The first-order valence-electron chi connectivity index (χ1n) is 6.42. The average Bonchev–Trinajstić information content (AvgIpc) is 2.39. The highest BCUT2D eigenvalue weighted by atomic mass is 32.2. The van der Waals surface area contributed by atoms with E-state index in [4.69, 9.17) is 4.74 Å². The van der Waals surface area contributed by atoms with Crippen molar-refractivity contribution in [1.29, 1.82) is 0 Å². The molecular weight excluding hydrogens is 258 g/mol. The van der Waals surface area contributed by atoms with E-state index in [9.17, 15) is 4.79 Å². The van der Waals surface area contributed by atoms with Gasteiger partial charge in [0.1, 0.15) is 6.10 Å². The zero-order valence-electron chi connectivity index (χ0n) is 11.5. The van der Waals surface area contributed by atoms with Gasteiger partial charge in [-0.15, -0.1) is 18.3 Å². The molecule has 0 unspecified atom stereocenters. The van der Waals surface area contributed by atoms with E-state index < -0.39 is 0 Å². The van der Waals surface area contributed by atoms with Gasteiger partial charge in [0.15, 0.2) is 0 Å². The molecule has 1 aromatic heterocycles. The number of aromatic nitrogens is 1. The average molecular weight is 279 g/mol. The number of hydrogen-bond donors (Lipinski definition) is 0. The Kier molecular flexibility index (Phi) is 7.26. The minimum absolute atomic E-state index is 0.192. The molecule has 0 saturated heterocycles. The molecule has 1 aromatic rings. The van der Waals surface area contributed by atoms with Crippen LogP contribution in [-0.4, -0.2) is 22.5 Å². The predicted molar refractivity (Wildman–Crippen MR) is 80.0 cm³/mol. The van der Waals surface area contributed by atoms with Gasteiger partial charge >= 0.3 is 5.97 Å². The van der Waals surface area contributed by atoms with Gasteiger partial charge in [-0.05, 0) is 24.5 Å². The van der Waals surface area contributed by atoms with E-state index in [-0.39, 0.29) is 12.1 Å². The number of carbonyl (C=O) groups is 1. The van der Waals surface area contributed by atoms with Gasteiger partial charge in [-0.1, -0.05) is 26.0 Å². The molecule has 0 spiro atoms. The van der Waals surface area contributed by atoms with Crippen molar-refractivity contribution in [3.63, 3.8) is 0 Å². The van der Waals surface area contributed by atoms with E-state index in [1.54, 1.807) is 12.3 Å². The van der Waals surface area contributed by atoms with Crippen LogP contribution in [0.4, 0.5) is 0 Å². The van der Waals surface area contributed by atoms with E-state index in [0.717, 1.165) is 17.9 Å². The molecule has 0 N–H and O–H groups in total. The van der Waals surface area contributed by atoms with Crippen molar-refractivity contribution in [3.8, 4) is 0 Å². The van der Waals surface area contributed by atoms with Crippen molar-refractivity contribution in [3.05, 3.63) is 42.7 Å². The van der Waals surface area contributed by atoms with Crippen LogP contribution in [0.25, 0.3) is 0 Å². The first-order valence-corrected chi connectivity index (χ1v) is 7.58. The molecule has 0 fully saturated rings. The van der Waals surface area contributed by atoms with Crippen LogP contribution in [0.5, 0.6) is 0 Å². The van der Waals surface area contributed by atoms with Crippen LogP contribution in [-0.2, 0) is 9.53 Å². The molecule has 19 heavy (non-hydrogen) atoms. The van der Waals surface area contributed by atoms with Gasteiger partial charge in [-0.3, -0.25) is 9.78 Å². The fourth-order valence-electron chi connectivity index (χ4n) is 1.64. The van der Waals surface area contributed by atoms with Crippen molar-refractivity contribution in [2.75, 3.05) is 11.5 Å². The van der Waals surface area contributed by atoms with E-state index in [2.05, 4.69) is 25.4 Å². The molecule has 0 saturated carbocycles. The van der Waals surface area contributed by atoms with Crippen molar-refractivity contribution >= 4 is 17.7 Å². The maximum absolute atomic E-state index is 11.8. The van der Waals surface area contributed by atoms with Crippen LogP contribution in [0.1, 0.15) is 32.1 Å². The first-order chi connectivity index (χ1) is 9.13. The predicted octanol–water partition coefficient (Wildman–Crippen LogP) is 3.63. The molecule has 104 valence electrons. The smallest absolute Gasteiger partial charge is 0.316 e. The summed E-state index contributed by atoms with van der Waals surface area (Å²) in [5, 5.41) is 0. The number of rotatable bonds is 8. The van der Waals surface area contributed by atoms with E-state index in [0.29, 0.717) is 11.7 Å². The largest absolute Gasteiger partial charge is 0.455 e. The van der Waals surface area contributed by atoms with Crippen molar-refractivity contribution < 1.29 is 9.53 Å². The third-order valence-electron chi connectivity index (χ3n) is 2.43. The number of esters is 1. The Morgan fingerprint density at radius 3 is 2.89 bits per heavy atom. The topological polar surface area (TPSA) is 39.2 Å². The van der Waals surface area contributed by atoms with Crippen LogP contribution in [0.3, 0.4) is 0 Å². The third-order valence-corrected chi connectivity index (χ3v) is 3.34. The second kappa shape index (κ2) is 8.75. The SMILES string of the molecule is C=CCSCC(=O)O[C@H](CC(C)C)c1ccccn1. The quantitative estimate of drug-likeness (QED) is 0.414. The summed E-state index contributed by atoms with van der Waals surface area (Å²) in [5.41, 5.74) is 0.818. The molecule has 0 aliphatic rings. The lowest BCUT2D eigenvalue weighted by Gasteiger charge is -2.19. The summed E-state index contributed by atoms with van der Waals surface area (Å²) in [6, 6.07) is 5.67. The van der Waals surface area contributed by atoms with Crippen molar-refractivity contribution in [1.82, 2.24) is 4.98 Å². The Morgan fingerprint density at radius 1 is 1.53 bits per heavy atom. The minimum Gasteiger partial charge on any atom is -0.455 e. The van der Waals surface area contributed by atoms with Gasteiger partial charge in [0.25, 0.3) is 0 Å². The standard InChI is InChI=1S/C15H21NO2S/c1-4-9-19-11-15(17)18-14(10-12(2)3)13-7-5-6-8-16-13/h4-8,12,14H,1,9-11H2,2-3H3/t14-/m1/s1. The number of ether oxygens (including phenoxy) is 1. The van der Waals surface area contributed by atoms with Gasteiger partial charge in [0.05, 0.1) is 11.4 Å². The van der Waals surface area contributed by atoms with E-state index in [1.165, 1.54) is 11.8 Å². The lowest BCUT2D eigenvalue weighted by molar-refractivity contribution is -0.147. The lowest BCUT2D eigenvalue weighted by Crippen LogP contribution is -2.16. The van der Waals surface area contributed by atoms with Crippen LogP contribution in [0.2, 0.25) is 0 Å². The highest BCUT2D eigenvalue weighted by molar-refractivity contribution is 8.00. The van der Waals surface area contributed by atoms with Gasteiger partial charge in [0, 0.05) is 11.9 Å². The molecule has 0 amide bonds. The first kappa shape index (κ1) is 15.8. The van der Waals surface area contributed by atoms with Crippen molar-refractivity contribution in [2.45, 2.75) is 26.4 Å². The molecule has 3 nitrogen and oxygen atoms in total. The Bertz CT molecular complexity index is 392. The second-order valence-electron chi connectivity index (χ2n) is 4.67.